The number of hydrogen-bond acceptors (Lipinski definition) is 8. The van der Waals surface area contributed by atoms with Gasteiger partial charge >= 0.3 is 0 Å². The fourth-order valence-electron chi connectivity index (χ4n) is 2.90. The second-order valence-corrected chi connectivity index (χ2v) is 7.61. The topological polar surface area (TPSA) is 76.9 Å². The minimum Gasteiger partial charge on any atom is -0.493 e. The molecule has 0 amide bonds. The van der Waals surface area contributed by atoms with Crippen LogP contribution in [0, 0.1) is 5.92 Å². The van der Waals surface area contributed by atoms with E-state index in [0.717, 1.165) is 0 Å². The number of benzene rings is 1. The molecule has 2 aromatic rings. The summed E-state index contributed by atoms with van der Waals surface area (Å²) in [6, 6.07) is 7.37. The number of aromatic nitrogens is 2. The number of ether oxygens (including phenoxy) is 3. The summed E-state index contributed by atoms with van der Waals surface area (Å²) in [5, 5.41) is 9.82. The summed E-state index contributed by atoms with van der Waals surface area (Å²) < 4.78 is 17.4. The molecule has 3 rings (SSSR count). The average Bonchev–Trinajstić information content (AvgIpc) is 2.78. The van der Waals surface area contributed by atoms with Crippen molar-refractivity contribution in [1.29, 1.82) is 0 Å². The van der Waals surface area contributed by atoms with E-state index >= 15 is 0 Å². The first-order valence-electron chi connectivity index (χ1n) is 9.72. The highest BCUT2D eigenvalue weighted by Crippen LogP contribution is 2.42. The van der Waals surface area contributed by atoms with Crippen LogP contribution in [0.1, 0.15) is 13.8 Å². The number of thioether (sulfide) groups is 1. The number of methoxy groups -OCH3 is 1. The lowest BCUT2D eigenvalue weighted by molar-refractivity contribution is 0.191. The van der Waals surface area contributed by atoms with Gasteiger partial charge in [0.15, 0.2) is 22.5 Å². The Morgan fingerprint density at radius 2 is 1.97 bits per heavy atom. The quantitative estimate of drug-likeness (QED) is 0.467. The first-order chi connectivity index (χ1) is 14.6. The minimum absolute atomic E-state index is 0.0968. The summed E-state index contributed by atoms with van der Waals surface area (Å²) in [6.07, 6.45) is 8.20. The molecule has 1 aromatic heterocycles. The van der Waals surface area contributed by atoms with Crippen LogP contribution in [0.25, 0.3) is 0 Å². The molecule has 0 saturated carbocycles. The normalized spacial score (nSPS) is 13.4. The van der Waals surface area contributed by atoms with Crippen LogP contribution in [0.5, 0.6) is 23.1 Å². The number of aliphatic hydroxyl groups is 1. The van der Waals surface area contributed by atoms with Crippen LogP contribution in [-0.4, -0.2) is 48.2 Å². The highest BCUT2D eigenvalue weighted by atomic mass is 32.2. The van der Waals surface area contributed by atoms with Crippen LogP contribution >= 0.6 is 11.8 Å². The molecule has 0 bridgehead atoms. The van der Waals surface area contributed by atoms with Crippen molar-refractivity contribution in [2.24, 2.45) is 5.92 Å². The minimum atomic E-state index is -0.133. The summed E-state index contributed by atoms with van der Waals surface area (Å²) in [5.41, 5.74) is 1.19. The number of anilines is 1. The Bertz CT molecular complexity index is 931. The van der Waals surface area contributed by atoms with Crippen LogP contribution < -0.4 is 19.1 Å². The first kappa shape index (κ1) is 22.0. The SMILES string of the molecule is COc1ccccc1Oc1c(OCCO)nc(SC)nc1N1C=C(C(C)C)C=CC1. The highest BCUT2D eigenvalue weighted by molar-refractivity contribution is 7.98. The van der Waals surface area contributed by atoms with Gasteiger partial charge in [-0.3, -0.25) is 0 Å². The monoisotopic (exact) mass is 429 g/mol. The van der Waals surface area contributed by atoms with Crippen molar-refractivity contribution in [3.8, 4) is 23.1 Å². The Hall–Kier alpha value is -2.71. The standard InChI is InChI=1S/C22H27N3O4S/c1-15(2)16-8-7-11-25(14-16)20-19(29-18-10-6-5-9-17(18)27-3)21(28-13-12-26)24-22(23-20)30-4/h5-10,14-15,26H,11-13H2,1-4H3. The lowest BCUT2D eigenvalue weighted by atomic mass is 10.0. The molecule has 8 heteroatoms. The Morgan fingerprint density at radius 3 is 2.63 bits per heavy atom. The third kappa shape index (κ3) is 5.06. The van der Waals surface area contributed by atoms with Gasteiger partial charge in [0, 0.05) is 12.7 Å². The Balaban J connectivity index is 2.12. The number of allylic oxidation sites excluding steroid dienone is 2. The maximum absolute atomic E-state index is 9.27. The van der Waals surface area contributed by atoms with Crippen molar-refractivity contribution < 1.29 is 19.3 Å². The molecule has 1 aliphatic rings. The number of nitrogens with zero attached hydrogens (tertiary/aromatic N) is 3. The number of rotatable bonds is 9. The van der Waals surface area contributed by atoms with E-state index in [4.69, 9.17) is 19.2 Å². The molecule has 0 radical (unpaired) electrons. The van der Waals surface area contributed by atoms with Gasteiger partial charge in [-0.15, -0.1) is 0 Å². The third-order valence-electron chi connectivity index (χ3n) is 4.45. The third-order valence-corrected chi connectivity index (χ3v) is 4.99. The molecule has 0 spiro atoms. The molecule has 2 heterocycles. The van der Waals surface area contributed by atoms with E-state index in [1.807, 2.05) is 35.4 Å². The van der Waals surface area contributed by atoms with E-state index in [2.05, 4.69) is 37.2 Å². The molecule has 7 nitrogen and oxygen atoms in total. The van der Waals surface area contributed by atoms with Gasteiger partial charge < -0.3 is 24.2 Å². The van der Waals surface area contributed by atoms with Gasteiger partial charge in [-0.2, -0.15) is 4.98 Å². The van der Waals surface area contributed by atoms with Crippen LogP contribution in [0.4, 0.5) is 5.82 Å². The predicted molar refractivity (Wildman–Crippen MR) is 119 cm³/mol. The molecule has 1 aromatic carbocycles. The molecule has 1 N–H and O–H groups in total. The summed E-state index contributed by atoms with van der Waals surface area (Å²) in [5.74, 6) is 2.72. The van der Waals surface area contributed by atoms with E-state index in [1.165, 1.54) is 17.3 Å². The zero-order valence-corrected chi connectivity index (χ0v) is 18.5. The molecule has 0 fully saturated rings. The van der Waals surface area contributed by atoms with Crippen LogP contribution in [0.15, 0.2) is 53.3 Å². The zero-order chi connectivity index (χ0) is 21.5. The van der Waals surface area contributed by atoms with Gasteiger partial charge in [-0.25, -0.2) is 4.98 Å². The number of aliphatic hydroxyl groups excluding tert-OH is 1. The van der Waals surface area contributed by atoms with Gasteiger partial charge in [0.2, 0.25) is 5.75 Å². The Morgan fingerprint density at radius 1 is 1.20 bits per heavy atom. The smallest absolute Gasteiger partial charge is 0.264 e. The van der Waals surface area contributed by atoms with Crippen molar-refractivity contribution >= 4 is 17.6 Å². The number of hydrogen-bond donors (Lipinski definition) is 1. The van der Waals surface area contributed by atoms with E-state index in [0.29, 0.717) is 40.7 Å². The number of para-hydroxylation sites is 2. The average molecular weight is 430 g/mol. The molecule has 0 unspecified atom stereocenters. The second kappa shape index (κ2) is 10.4. The fraction of sp³-hybridized carbons (Fsp3) is 0.364. The van der Waals surface area contributed by atoms with Gasteiger partial charge in [-0.05, 0) is 29.9 Å². The molecular weight excluding hydrogens is 402 g/mol. The van der Waals surface area contributed by atoms with Crippen molar-refractivity contribution in [1.82, 2.24) is 9.97 Å². The van der Waals surface area contributed by atoms with Gasteiger partial charge in [0.05, 0.1) is 13.7 Å². The van der Waals surface area contributed by atoms with Crippen molar-refractivity contribution in [3.63, 3.8) is 0 Å². The Labute approximate surface area is 181 Å². The largest absolute Gasteiger partial charge is 0.493 e. The van der Waals surface area contributed by atoms with Crippen LogP contribution in [-0.2, 0) is 0 Å². The summed E-state index contributed by atoms with van der Waals surface area (Å²) >= 11 is 1.41. The highest BCUT2D eigenvalue weighted by Gasteiger charge is 2.24. The van der Waals surface area contributed by atoms with Gasteiger partial charge in [-0.1, -0.05) is 49.9 Å². The van der Waals surface area contributed by atoms with Crippen LogP contribution in [0.2, 0.25) is 0 Å². The van der Waals surface area contributed by atoms with Crippen LogP contribution in [0.3, 0.4) is 0 Å². The summed E-state index contributed by atoms with van der Waals surface area (Å²) in [4.78, 5) is 11.2. The summed E-state index contributed by atoms with van der Waals surface area (Å²) in [6.45, 7) is 4.90. The summed E-state index contributed by atoms with van der Waals surface area (Å²) in [7, 11) is 1.59. The van der Waals surface area contributed by atoms with Crippen molar-refractivity contribution in [3.05, 3.63) is 48.2 Å². The molecule has 30 heavy (non-hydrogen) atoms. The first-order valence-corrected chi connectivity index (χ1v) is 10.9. The molecule has 0 saturated heterocycles. The zero-order valence-electron chi connectivity index (χ0n) is 17.7. The molecule has 0 atom stereocenters. The molecule has 1 aliphatic heterocycles. The van der Waals surface area contributed by atoms with E-state index in [9.17, 15) is 5.11 Å². The molecule has 160 valence electrons. The Kier molecular flexibility index (Phi) is 7.59. The predicted octanol–water partition coefficient (Wildman–Crippen LogP) is 4.29. The van der Waals surface area contributed by atoms with Crippen molar-refractivity contribution in [2.75, 3.05) is 38.0 Å². The molecular formula is C22H27N3O4S. The van der Waals surface area contributed by atoms with Crippen molar-refractivity contribution in [2.45, 2.75) is 19.0 Å². The lowest BCUT2D eigenvalue weighted by Crippen LogP contribution is -2.23. The van der Waals surface area contributed by atoms with E-state index < -0.39 is 0 Å². The lowest BCUT2D eigenvalue weighted by Gasteiger charge is -2.26. The van der Waals surface area contributed by atoms with Gasteiger partial charge in [0.25, 0.3) is 5.88 Å². The van der Waals surface area contributed by atoms with E-state index in [1.54, 1.807) is 7.11 Å². The fourth-order valence-corrected chi connectivity index (χ4v) is 3.25. The van der Waals surface area contributed by atoms with Gasteiger partial charge in [0.1, 0.15) is 6.61 Å². The maximum atomic E-state index is 9.27. The molecule has 0 aliphatic carbocycles. The van der Waals surface area contributed by atoms with E-state index in [-0.39, 0.29) is 19.1 Å². The second-order valence-electron chi connectivity index (χ2n) is 6.83. The maximum Gasteiger partial charge on any atom is 0.264 e.